The van der Waals surface area contributed by atoms with Gasteiger partial charge in [0.1, 0.15) is 12.4 Å². The van der Waals surface area contributed by atoms with Crippen LogP contribution in [-0.2, 0) is 33.5 Å². The molecule has 2 saturated heterocycles. The fraction of sp³-hybridized carbons (Fsp3) is 0.294. The van der Waals surface area contributed by atoms with E-state index in [0.29, 0.717) is 36.5 Å². The summed E-state index contributed by atoms with van der Waals surface area (Å²) in [6, 6.07) is 29.9. The Bertz CT molecular complexity index is 3160. The summed E-state index contributed by atoms with van der Waals surface area (Å²) in [5, 5.41) is 10.1. The number of pyridine rings is 4. The molecule has 4 aliphatic rings. The number of nitrogens with zero attached hydrogens (tertiary/aromatic N) is 6. The van der Waals surface area contributed by atoms with E-state index in [2.05, 4.69) is 74.2 Å². The number of hydrogen-bond acceptors (Lipinski definition) is 7. The van der Waals surface area contributed by atoms with Gasteiger partial charge >= 0.3 is 0 Å². The molecule has 10 heterocycles. The number of benzene rings is 2. The van der Waals surface area contributed by atoms with E-state index < -0.39 is 0 Å². The van der Waals surface area contributed by atoms with Crippen LogP contribution >= 0.6 is 0 Å². The highest BCUT2D eigenvalue weighted by atomic mass is 16.5. The van der Waals surface area contributed by atoms with Gasteiger partial charge in [0.05, 0.1) is 22.4 Å². The van der Waals surface area contributed by atoms with Gasteiger partial charge in [-0.2, -0.15) is 0 Å². The van der Waals surface area contributed by atoms with Crippen molar-refractivity contribution in [2.24, 2.45) is 14.1 Å². The van der Waals surface area contributed by atoms with Gasteiger partial charge in [-0.15, -0.1) is 0 Å². The third kappa shape index (κ3) is 6.67. The van der Waals surface area contributed by atoms with Gasteiger partial charge in [0.15, 0.2) is 0 Å². The Kier molecular flexibility index (Phi) is 9.35. The zero-order valence-corrected chi connectivity index (χ0v) is 35.6. The van der Waals surface area contributed by atoms with Gasteiger partial charge < -0.3 is 24.5 Å². The molecule has 11 heteroatoms. The molecule has 6 aromatic heterocycles. The first-order chi connectivity index (χ1) is 30.1. The Morgan fingerprint density at radius 3 is 1.71 bits per heavy atom. The molecule has 4 atom stereocenters. The van der Waals surface area contributed by atoms with Crippen LogP contribution in [-0.4, -0.2) is 40.3 Å². The van der Waals surface area contributed by atoms with Crippen molar-refractivity contribution >= 4 is 21.8 Å². The minimum absolute atomic E-state index is 0.0351. The highest BCUT2D eigenvalue weighted by Crippen LogP contribution is 2.43. The molecule has 2 aromatic carbocycles. The summed E-state index contributed by atoms with van der Waals surface area (Å²) >= 11 is 0. The van der Waals surface area contributed by atoms with Crippen molar-refractivity contribution in [1.29, 1.82) is 0 Å². The maximum atomic E-state index is 12.9. The van der Waals surface area contributed by atoms with Crippen LogP contribution in [0, 0.1) is 13.8 Å². The number of ether oxygens (including phenoxy) is 1. The maximum Gasteiger partial charge on any atom is 0.258 e. The summed E-state index contributed by atoms with van der Waals surface area (Å²) in [5.74, 6) is 0.560. The van der Waals surface area contributed by atoms with Crippen molar-refractivity contribution in [3.63, 3.8) is 0 Å². The summed E-state index contributed by atoms with van der Waals surface area (Å²) in [6.45, 7) is 4.29. The van der Waals surface area contributed by atoms with Crippen molar-refractivity contribution in [1.82, 2.24) is 38.9 Å². The Balaban J connectivity index is 0.000000140. The quantitative estimate of drug-likeness (QED) is 0.175. The van der Waals surface area contributed by atoms with Gasteiger partial charge in [-0.3, -0.25) is 28.7 Å². The molecule has 4 unspecified atom stereocenters. The normalized spacial score (nSPS) is 19.6. The van der Waals surface area contributed by atoms with Gasteiger partial charge in [-0.1, -0.05) is 24.3 Å². The molecular weight excluding hydrogens is 773 g/mol. The number of aryl methyl sites for hydroxylation is 4. The second-order valence-corrected chi connectivity index (χ2v) is 17.6. The molecule has 0 aliphatic carbocycles. The predicted molar refractivity (Wildman–Crippen MR) is 244 cm³/mol. The van der Waals surface area contributed by atoms with Crippen molar-refractivity contribution in [2.45, 2.75) is 83.1 Å². The van der Waals surface area contributed by atoms with Gasteiger partial charge in [0.25, 0.3) is 11.1 Å². The lowest BCUT2D eigenvalue weighted by Gasteiger charge is -2.23. The molecule has 62 heavy (non-hydrogen) atoms. The Morgan fingerprint density at radius 2 is 1.18 bits per heavy atom. The molecule has 0 amide bonds. The van der Waals surface area contributed by atoms with E-state index in [1.807, 2.05) is 68.7 Å². The average Bonchev–Trinajstić information content (AvgIpc) is 4.02. The lowest BCUT2D eigenvalue weighted by atomic mass is 9.99. The summed E-state index contributed by atoms with van der Waals surface area (Å²) in [4.78, 5) is 34.4. The molecular formula is C51H50N8O3. The van der Waals surface area contributed by atoms with Crippen molar-refractivity contribution in [2.75, 3.05) is 0 Å². The minimum Gasteiger partial charge on any atom is -0.489 e. The third-order valence-corrected chi connectivity index (χ3v) is 13.7. The SMILES string of the molecule is Cc1ccc(-c2ccn(-c3ccc4c5c(n(C)c4c3)CC3CCC5N3)c(=O)c2)cn1.Cc1ccc(COc2ccn(-c3ccc4c5c(n(C)c4c3)CC3CCC5N3)c(=O)c2)cn1. The molecule has 2 fully saturated rings. The fourth-order valence-electron chi connectivity index (χ4n) is 10.5. The highest BCUT2D eigenvalue weighted by Gasteiger charge is 2.37. The molecule has 12 rings (SSSR count). The highest BCUT2D eigenvalue weighted by molar-refractivity contribution is 5.89. The van der Waals surface area contributed by atoms with Crippen LogP contribution in [0.2, 0.25) is 0 Å². The summed E-state index contributed by atoms with van der Waals surface area (Å²) in [6.07, 6.45) is 14.4. The number of nitrogens with one attached hydrogen (secondary N) is 2. The van der Waals surface area contributed by atoms with E-state index in [9.17, 15) is 9.59 Å². The molecule has 2 N–H and O–H groups in total. The second kappa shape index (κ2) is 15.1. The van der Waals surface area contributed by atoms with E-state index in [0.717, 1.165) is 52.3 Å². The maximum absolute atomic E-state index is 12.9. The standard InChI is InChI=1S/C26H26N4O2.C25H24N4O/c1-16-3-4-17(14-27-16)15-32-20-9-10-30(25(31)13-20)19-6-7-21-23(12-19)29(2)24-11-18-5-8-22(28-18)26(21)24;1-15-3-4-17(14-26-15)16-9-10-29(24(30)11-16)19-6-7-20-22(13-19)28(2)23-12-18-5-8-21(27-18)25(20)23/h3-4,6-7,9-10,12-14,18,22,28H,5,8,11,15H2,1-2H3;3-4,6-7,9-11,13-14,18,21,27H,5,8,12H2,1-2H3. The molecule has 0 radical (unpaired) electrons. The minimum atomic E-state index is -0.108. The smallest absolute Gasteiger partial charge is 0.258 e. The monoisotopic (exact) mass is 822 g/mol. The molecule has 4 bridgehead atoms. The summed E-state index contributed by atoms with van der Waals surface area (Å²) < 4.78 is 13.9. The van der Waals surface area contributed by atoms with E-state index >= 15 is 0 Å². The van der Waals surface area contributed by atoms with E-state index in [4.69, 9.17) is 4.74 Å². The predicted octanol–water partition coefficient (Wildman–Crippen LogP) is 8.01. The van der Waals surface area contributed by atoms with Gasteiger partial charge in [-0.25, -0.2) is 0 Å². The lowest BCUT2D eigenvalue weighted by Crippen LogP contribution is -2.32. The Labute approximate surface area is 359 Å². The van der Waals surface area contributed by atoms with Crippen LogP contribution in [0.25, 0.3) is 44.3 Å². The van der Waals surface area contributed by atoms with Gasteiger partial charge in [0.2, 0.25) is 0 Å². The molecule has 11 nitrogen and oxygen atoms in total. The molecule has 0 saturated carbocycles. The third-order valence-electron chi connectivity index (χ3n) is 13.7. The number of hydrogen-bond donors (Lipinski definition) is 2. The van der Waals surface area contributed by atoms with Crippen LogP contribution < -0.4 is 26.5 Å². The number of fused-ring (bicyclic) bond motifs is 12. The first-order valence-electron chi connectivity index (χ1n) is 21.8. The Morgan fingerprint density at radius 1 is 0.613 bits per heavy atom. The molecule has 312 valence electrons. The lowest BCUT2D eigenvalue weighted by molar-refractivity contribution is 0.304. The zero-order valence-electron chi connectivity index (χ0n) is 35.6. The molecule has 0 spiro atoms. The van der Waals surface area contributed by atoms with Crippen LogP contribution in [0.15, 0.2) is 119 Å². The molecule has 8 aromatic rings. The van der Waals surface area contributed by atoms with Crippen molar-refractivity contribution in [3.05, 3.63) is 170 Å². The topological polar surface area (TPSA) is 113 Å². The van der Waals surface area contributed by atoms with Crippen LogP contribution in [0.4, 0.5) is 0 Å². The van der Waals surface area contributed by atoms with Gasteiger partial charge in [-0.05, 0) is 105 Å². The van der Waals surface area contributed by atoms with E-state index in [-0.39, 0.29) is 11.1 Å². The van der Waals surface area contributed by atoms with E-state index in [1.54, 1.807) is 33.7 Å². The largest absolute Gasteiger partial charge is 0.489 e. The average molecular weight is 823 g/mol. The molecule has 4 aliphatic heterocycles. The Hall–Kier alpha value is -6.56. The fourth-order valence-corrected chi connectivity index (χ4v) is 10.5. The number of aromatic nitrogens is 6. The summed E-state index contributed by atoms with van der Waals surface area (Å²) in [5.41, 5.74) is 14.6. The summed E-state index contributed by atoms with van der Waals surface area (Å²) in [7, 11) is 4.31. The first kappa shape index (κ1) is 38.4. The van der Waals surface area contributed by atoms with Crippen molar-refractivity contribution < 1.29 is 4.74 Å². The van der Waals surface area contributed by atoms with Crippen LogP contribution in [0.5, 0.6) is 5.75 Å². The van der Waals surface area contributed by atoms with Crippen molar-refractivity contribution in [3.8, 4) is 28.3 Å². The first-order valence-corrected chi connectivity index (χ1v) is 21.8. The van der Waals surface area contributed by atoms with Crippen LogP contribution in [0.1, 0.15) is 77.2 Å². The van der Waals surface area contributed by atoms with Gasteiger partial charge in [0, 0.05) is 133 Å². The zero-order chi connectivity index (χ0) is 42.2. The second-order valence-electron chi connectivity index (χ2n) is 17.6. The van der Waals surface area contributed by atoms with E-state index in [1.165, 1.54) is 70.0 Å². The van der Waals surface area contributed by atoms with Crippen LogP contribution in [0.3, 0.4) is 0 Å². The number of rotatable bonds is 6.